The Kier molecular flexibility index (Phi) is 5.92. The van der Waals surface area contributed by atoms with E-state index in [1.165, 1.54) is 7.05 Å². The van der Waals surface area contributed by atoms with Crippen molar-refractivity contribution in [3.8, 4) is 0 Å². The summed E-state index contributed by atoms with van der Waals surface area (Å²) in [6, 6.07) is 11.1. The molecule has 0 unspecified atom stereocenters. The van der Waals surface area contributed by atoms with Crippen LogP contribution in [0.25, 0.3) is 0 Å². The summed E-state index contributed by atoms with van der Waals surface area (Å²) in [6.45, 7) is 0. The topological polar surface area (TPSA) is 98.1 Å². The Hall–Kier alpha value is -2.86. The predicted molar refractivity (Wildman–Crippen MR) is 94.6 cm³/mol. The van der Waals surface area contributed by atoms with Crippen LogP contribution in [0.3, 0.4) is 0 Å². The van der Waals surface area contributed by atoms with Crippen LogP contribution in [0.5, 0.6) is 0 Å². The van der Waals surface area contributed by atoms with Gasteiger partial charge in [0.25, 0.3) is 5.91 Å². The zero-order chi connectivity index (χ0) is 17.5. The maximum Gasteiger partial charge on any atom is 0.274 e. The number of nitrogens with one attached hydrogen (secondary N) is 3. The van der Waals surface area contributed by atoms with Crippen molar-refractivity contribution in [2.24, 2.45) is 0 Å². The van der Waals surface area contributed by atoms with E-state index in [-0.39, 0.29) is 11.6 Å². The first-order valence-corrected chi connectivity index (χ1v) is 7.53. The van der Waals surface area contributed by atoms with Gasteiger partial charge in [0.2, 0.25) is 0 Å². The first kappa shape index (κ1) is 17.5. The second-order valence-electron chi connectivity index (χ2n) is 5.01. The number of aromatic nitrogens is 1. The maximum atomic E-state index is 11.8. The molecule has 2 aromatic rings. The lowest BCUT2D eigenvalue weighted by Crippen LogP contribution is -2.22. The van der Waals surface area contributed by atoms with Gasteiger partial charge in [-0.2, -0.15) is 0 Å². The molecule has 0 bridgehead atoms. The molecule has 0 radical (unpaired) electrons. The van der Waals surface area contributed by atoms with E-state index in [1.54, 1.807) is 12.3 Å². The van der Waals surface area contributed by atoms with Crippen LogP contribution in [0.2, 0.25) is 5.02 Å². The molecule has 0 fully saturated rings. The average Bonchev–Trinajstić information content (AvgIpc) is 2.56. The lowest BCUT2D eigenvalue weighted by Gasteiger charge is -2.06. The predicted octanol–water partition coefficient (Wildman–Crippen LogP) is 2.90. The second kappa shape index (κ2) is 8.12. The van der Waals surface area contributed by atoms with Gasteiger partial charge in [0.05, 0.1) is 0 Å². The lowest BCUT2D eigenvalue weighted by molar-refractivity contribution is -0.110. The highest BCUT2D eigenvalue weighted by molar-refractivity contribution is 6.45. The van der Waals surface area contributed by atoms with Crippen LogP contribution in [-0.2, 0) is 11.2 Å². The van der Waals surface area contributed by atoms with E-state index in [9.17, 15) is 9.90 Å². The smallest absolute Gasteiger partial charge is 0.274 e. The summed E-state index contributed by atoms with van der Waals surface area (Å²) in [5, 5.41) is 22.4. The third-order valence-electron chi connectivity index (χ3n) is 3.15. The number of hydrogen-bond acceptors (Lipinski definition) is 5. The first-order valence-electron chi connectivity index (χ1n) is 7.15. The van der Waals surface area contributed by atoms with Crippen molar-refractivity contribution in [2.75, 3.05) is 12.4 Å². The standard InChI is InChI=1S/C17H17ClN4O2/c1-20-16(23)9-14(19)17(24)22-15-6-5-12(10-21-15)7-11-3-2-4-13(18)8-11/h2-6,8-10,19-20,23H,7H2,1H3,(H,21,22,24)/b16-9+,19-14?. The van der Waals surface area contributed by atoms with Crippen LogP contribution in [0, 0.1) is 5.41 Å². The lowest BCUT2D eigenvalue weighted by atomic mass is 10.1. The minimum absolute atomic E-state index is 0.264. The number of anilines is 1. The Morgan fingerprint density at radius 2 is 2.12 bits per heavy atom. The summed E-state index contributed by atoms with van der Waals surface area (Å²) in [6.07, 6.45) is 3.35. The Labute approximate surface area is 144 Å². The van der Waals surface area contributed by atoms with Crippen LogP contribution in [0.15, 0.2) is 54.6 Å². The van der Waals surface area contributed by atoms with Crippen LogP contribution < -0.4 is 10.6 Å². The molecule has 1 aromatic carbocycles. The van der Waals surface area contributed by atoms with Gasteiger partial charge in [0.1, 0.15) is 11.5 Å². The molecule has 6 nitrogen and oxygen atoms in total. The van der Waals surface area contributed by atoms with Crippen molar-refractivity contribution in [1.29, 1.82) is 5.41 Å². The zero-order valence-corrected chi connectivity index (χ0v) is 13.8. The molecule has 1 amide bonds. The largest absolute Gasteiger partial charge is 0.495 e. The van der Waals surface area contributed by atoms with Crippen LogP contribution in [0.1, 0.15) is 11.1 Å². The molecule has 4 N–H and O–H groups in total. The number of hydrogen-bond donors (Lipinski definition) is 4. The van der Waals surface area contributed by atoms with Crippen LogP contribution in [-0.4, -0.2) is 28.8 Å². The fraction of sp³-hybridized carbons (Fsp3) is 0.118. The number of nitrogens with zero attached hydrogens (tertiary/aromatic N) is 1. The minimum atomic E-state index is -0.660. The summed E-state index contributed by atoms with van der Waals surface area (Å²) in [4.78, 5) is 16.0. The molecule has 1 heterocycles. The molecule has 7 heteroatoms. The zero-order valence-electron chi connectivity index (χ0n) is 13.0. The van der Waals surface area contributed by atoms with Crippen LogP contribution in [0.4, 0.5) is 5.82 Å². The van der Waals surface area contributed by atoms with E-state index in [2.05, 4.69) is 15.6 Å². The molecule has 0 aliphatic heterocycles. The van der Waals surface area contributed by atoms with Crippen molar-refractivity contribution in [2.45, 2.75) is 6.42 Å². The molecular weight excluding hydrogens is 328 g/mol. The highest BCUT2D eigenvalue weighted by atomic mass is 35.5. The number of halogens is 1. The molecule has 1 aromatic heterocycles. The Morgan fingerprint density at radius 1 is 1.33 bits per heavy atom. The number of aliphatic hydroxyl groups excluding tert-OH is 1. The van der Waals surface area contributed by atoms with E-state index >= 15 is 0 Å². The van der Waals surface area contributed by atoms with Gasteiger partial charge in [-0.25, -0.2) is 4.98 Å². The van der Waals surface area contributed by atoms with Gasteiger partial charge in [-0.05, 0) is 35.7 Å². The highest BCUT2D eigenvalue weighted by Gasteiger charge is 2.09. The number of aliphatic hydroxyl groups is 1. The molecule has 0 aliphatic rings. The minimum Gasteiger partial charge on any atom is -0.495 e. The summed E-state index contributed by atoms with van der Waals surface area (Å²) < 4.78 is 0. The quantitative estimate of drug-likeness (QED) is 0.478. The molecular formula is C17H17ClN4O2. The van der Waals surface area contributed by atoms with Crippen molar-refractivity contribution >= 4 is 29.0 Å². The average molecular weight is 345 g/mol. The van der Waals surface area contributed by atoms with E-state index < -0.39 is 5.91 Å². The third kappa shape index (κ3) is 5.10. The Morgan fingerprint density at radius 3 is 2.75 bits per heavy atom. The van der Waals surface area contributed by atoms with Crippen molar-refractivity contribution in [3.63, 3.8) is 0 Å². The highest BCUT2D eigenvalue weighted by Crippen LogP contribution is 2.15. The first-order chi connectivity index (χ1) is 11.5. The van der Waals surface area contributed by atoms with E-state index in [1.807, 2.05) is 30.3 Å². The molecule has 0 aliphatic carbocycles. The number of amides is 1. The molecule has 2 rings (SSSR count). The van der Waals surface area contributed by atoms with Crippen molar-refractivity contribution < 1.29 is 9.90 Å². The van der Waals surface area contributed by atoms with Gasteiger partial charge in [-0.3, -0.25) is 10.2 Å². The van der Waals surface area contributed by atoms with Gasteiger partial charge in [-0.1, -0.05) is 29.8 Å². The number of carbonyl (C=O) groups is 1. The number of rotatable bonds is 6. The summed E-state index contributed by atoms with van der Waals surface area (Å²) in [5.41, 5.74) is 1.65. The number of pyridine rings is 1. The van der Waals surface area contributed by atoms with Crippen LogP contribution >= 0.6 is 11.6 Å². The monoisotopic (exact) mass is 344 g/mol. The molecule has 0 saturated heterocycles. The molecule has 24 heavy (non-hydrogen) atoms. The van der Waals surface area contributed by atoms with Gasteiger partial charge in [0, 0.05) is 24.3 Å². The fourth-order valence-corrected chi connectivity index (χ4v) is 2.16. The molecule has 0 spiro atoms. The molecule has 0 atom stereocenters. The number of benzene rings is 1. The Balaban J connectivity index is 1.99. The van der Waals surface area contributed by atoms with E-state index in [0.29, 0.717) is 17.3 Å². The third-order valence-corrected chi connectivity index (χ3v) is 3.38. The van der Waals surface area contributed by atoms with E-state index in [4.69, 9.17) is 17.0 Å². The molecule has 124 valence electrons. The summed E-state index contributed by atoms with van der Waals surface area (Å²) >= 11 is 5.96. The summed E-state index contributed by atoms with van der Waals surface area (Å²) in [7, 11) is 1.48. The van der Waals surface area contributed by atoms with Crippen molar-refractivity contribution in [1.82, 2.24) is 10.3 Å². The maximum absolute atomic E-state index is 11.8. The van der Waals surface area contributed by atoms with Gasteiger partial charge in [0.15, 0.2) is 5.88 Å². The molecule has 0 saturated carbocycles. The SMILES string of the molecule is CN/C(O)=C\C(=N)C(=O)Nc1ccc(Cc2cccc(Cl)c2)cn1. The van der Waals surface area contributed by atoms with Gasteiger partial charge >= 0.3 is 0 Å². The fourth-order valence-electron chi connectivity index (χ4n) is 1.94. The van der Waals surface area contributed by atoms with Gasteiger partial charge in [-0.15, -0.1) is 0 Å². The Bertz CT molecular complexity index is 772. The normalized spacial score (nSPS) is 11.0. The summed E-state index contributed by atoms with van der Waals surface area (Å²) in [5.74, 6) is -0.594. The number of carbonyl (C=O) groups excluding carboxylic acids is 1. The van der Waals surface area contributed by atoms with E-state index in [0.717, 1.165) is 17.2 Å². The van der Waals surface area contributed by atoms with Gasteiger partial charge < -0.3 is 15.7 Å². The second-order valence-corrected chi connectivity index (χ2v) is 5.44. The van der Waals surface area contributed by atoms with Crippen molar-refractivity contribution in [3.05, 3.63) is 70.7 Å².